The van der Waals surface area contributed by atoms with Gasteiger partial charge in [0.1, 0.15) is 5.75 Å². The molecule has 0 bridgehead atoms. The molecular weight excluding hydrogens is 252 g/mol. The lowest BCUT2D eigenvalue weighted by atomic mass is 9.72. The number of rotatable bonds is 5. The number of carboxylic acid groups (broad SMARTS) is 1. The number of carboxylic acids is 1. The molecule has 0 aromatic heterocycles. The molecule has 1 rings (SSSR count). The van der Waals surface area contributed by atoms with Crippen molar-refractivity contribution in [3.63, 3.8) is 0 Å². The zero-order valence-corrected chi connectivity index (χ0v) is 13.4. The van der Waals surface area contributed by atoms with E-state index in [4.69, 9.17) is 9.84 Å². The summed E-state index contributed by atoms with van der Waals surface area (Å²) in [7, 11) is 0. The molecule has 3 heteroatoms. The number of hydrogen-bond donors (Lipinski definition) is 1. The molecule has 0 saturated carbocycles. The van der Waals surface area contributed by atoms with Crippen molar-refractivity contribution in [2.45, 2.75) is 59.5 Å². The molecular formula is C17H26O3. The molecule has 0 saturated heterocycles. The second-order valence-corrected chi connectivity index (χ2v) is 7.24. The van der Waals surface area contributed by atoms with Crippen molar-refractivity contribution in [2.75, 3.05) is 0 Å². The van der Waals surface area contributed by atoms with Crippen LogP contribution in [0.2, 0.25) is 0 Å². The molecule has 0 unspecified atom stereocenters. The summed E-state index contributed by atoms with van der Waals surface area (Å²) >= 11 is 0. The lowest BCUT2D eigenvalue weighted by Gasteiger charge is -2.33. The Bertz CT molecular complexity index is 452. The van der Waals surface area contributed by atoms with Gasteiger partial charge in [-0.15, -0.1) is 0 Å². The molecule has 0 amide bonds. The summed E-state index contributed by atoms with van der Waals surface area (Å²) < 4.78 is 5.34. The fraction of sp³-hybridized carbons (Fsp3) is 0.588. The van der Waals surface area contributed by atoms with Crippen molar-refractivity contribution in [1.82, 2.24) is 0 Å². The zero-order chi connectivity index (χ0) is 15.6. The quantitative estimate of drug-likeness (QED) is 0.875. The third-order valence-corrected chi connectivity index (χ3v) is 3.27. The van der Waals surface area contributed by atoms with Crippen molar-refractivity contribution < 1.29 is 14.6 Å². The smallest absolute Gasteiger partial charge is 0.344 e. The first-order chi connectivity index (χ1) is 9.01. The van der Waals surface area contributed by atoms with E-state index >= 15 is 0 Å². The van der Waals surface area contributed by atoms with Crippen molar-refractivity contribution in [1.29, 1.82) is 0 Å². The van der Waals surface area contributed by atoms with Gasteiger partial charge in [0.25, 0.3) is 0 Å². The number of hydrogen-bond acceptors (Lipinski definition) is 2. The van der Waals surface area contributed by atoms with Crippen LogP contribution in [-0.4, -0.2) is 17.2 Å². The van der Waals surface area contributed by atoms with Gasteiger partial charge in [-0.2, -0.15) is 0 Å². The van der Waals surface area contributed by atoms with Gasteiger partial charge >= 0.3 is 5.97 Å². The van der Waals surface area contributed by atoms with Crippen LogP contribution in [0, 0.1) is 5.41 Å². The van der Waals surface area contributed by atoms with Gasteiger partial charge in [0.05, 0.1) is 0 Å². The van der Waals surface area contributed by atoms with E-state index in [0.29, 0.717) is 5.75 Å². The highest BCUT2D eigenvalue weighted by Crippen LogP contribution is 2.36. The van der Waals surface area contributed by atoms with Crippen molar-refractivity contribution in [3.05, 3.63) is 29.8 Å². The Labute approximate surface area is 122 Å². The maximum absolute atomic E-state index is 10.8. The zero-order valence-electron chi connectivity index (χ0n) is 13.4. The average Bonchev–Trinajstić information content (AvgIpc) is 2.26. The Morgan fingerprint density at radius 3 is 2.05 bits per heavy atom. The standard InChI is InChI=1S/C17H26O3/c1-12(15(18)19)20-14-9-7-13(8-10-14)17(5,6)11-16(2,3)4/h7-10,12H,11H2,1-6H3,(H,18,19)/t12-/m1/s1. The maximum atomic E-state index is 10.8. The van der Waals surface area contributed by atoms with Gasteiger partial charge in [-0.05, 0) is 41.9 Å². The summed E-state index contributed by atoms with van der Waals surface area (Å²) in [4.78, 5) is 10.8. The second-order valence-electron chi connectivity index (χ2n) is 7.24. The highest BCUT2D eigenvalue weighted by Gasteiger charge is 2.27. The van der Waals surface area contributed by atoms with Gasteiger partial charge in [-0.1, -0.05) is 46.8 Å². The molecule has 0 heterocycles. The Morgan fingerprint density at radius 2 is 1.65 bits per heavy atom. The van der Waals surface area contributed by atoms with Gasteiger partial charge < -0.3 is 9.84 Å². The Morgan fingerprint density at radius 1 is 1.15 bits per heavy atom. The Kier molecular flexibility index (Phi) is 4.85. The molecule has 112 valence electrons. The monoisotopic (exact) mass is 278 g/mol. The van der Waals surface area contributed by atoms with Crippen LogP contribution < -0.4 is 4.74 Å². The molecule has 0 aliphatic heterocycles. The Balaban J connectivity index is 2.83. The fourth-order valence-electron chi connectivity index (χ4n) is 2.67. The van der Waals surface area contributed by atoms with E-state index in [1.54, 1.807) is 0 Å². The minimum atomic E-state index is -0.956. The van der Waals surface area contributed by atoms with Gasteiger partial charge in [0, 0.05) is 0 Å². The van der Waals surface area contributed by atoms with Crippen LogP contribution in [-0.2, 0) is 10.2 Å². The molecule has 0 spiro atoms. The van der Waals surface area contributed by atoms with Crippen LogP contribution in [0.3, 0.4) is 0 Å². The fourth-order valence-corrected chi connectivity index (χ4v) is 2.67. The number of aliphatic carboxylic acids is 1. The third kappa shape index (κ3) is 4.87. The SMILES string of the molecule is C[C@@H](Oc1ccc(C(C)(C)CC(C)(C)C)cc1)C(=O)O. The van der Waals surface area contributed by atoms with Crippen LogP contribution in [0.1, 0.15) is 53.5 Å². The summed E-state index contributed by atoms with van der Waals surface area (Å²) in [6.07, 6.45) is 0.245. The first-order valence-electron chi connectivity index (χ1n) is 7.01. The summed E-state index contributed by atoms with van der Waals surface area (Å²) in [5.74, 6) is -0.364. The first kappa shape index (κ1) is 16.5. The van der Waals surface area contributed by atoms with Gasteiger partial charge in [-0.25, -0.2) is 4.79 Å². The maximum Gasteiger partial charge on any atom is 0.344 e. The molecule has 0 radical (unpaired) electrons. The second kappa shape index (κ2) is 5.86. The predicted molar refractivity (Wildman–Crippen MR) is 81.3 cm³/mol. The molecule has 3 nitrogen and oxygen atoms in total. The number of ether oxygens (including phenoxy) is 1. The van der Waals surface area contributed by atoms with Crippen molar-refractivity contribution in [3.8, 4) is 5.75 Å². The summed E-state index contributed by atoms with van der Waals surface area (Å²) in [5.41, 5.74) is 1.58. The highest BCUT2D eigenvalue weighted by atomic mass is 16.5. The normalized spacial score (nSPS) is 13.9. The molecule has 1 aromatic carbocycles. The minimum Gasteiger partial charge on any atom is -0.479 e. The number of benzene rings is 1. The topological polar surface area (TPSA) is 46.5 Å². The number of carbonyl (C=O) groups is 1. The van der Waals surface area contributed by atoms with E-state index in [1.807, 2.05) is 24.3 Å². The van der Waals surface area contributed by atoms with Crippen LogP contribution in [0.25, 0.3) is 0 Å². The molecule has 1 aromatic rings. The largest absolute Gasteiger partial charge is 0.479 e. The summed E-state index contributed by atoms with van der Waals surface area (Å²) in [6, 6.07) is 7.74. The van der Waals surface area contributed by atoms with Crippen LogP contribution in [0.15, 0.2) is 24.3 Å². The lowest BCUT2D eigenvalue weighted by molar-refractivity contribution is -0.144. The van der Waals surface area contributed by atoms with Crippen molar-refractivity contribution in [2.24, 2.45) is 5.41 Å². The van der Waals surface area contributed by atoms with Gasteiger partial charge in [0.15, 0.2) is 6.10 Å². The van der Waals surface area contributed by atoms with Gasteiger partial charge in [-0.3, -0.25) is 0 Å². The first-order valence-corrected chi connectivity index (χ1v) is 7.01. The summed E-state index contributed by atoms with van der Waals surface area (Å²) in [6.45, 7) is 12.7. The van der Waals surface area contributed by atoms with Crippen molar-refractivity contribution >= 4 is 5.97 Å². The Hall–Kier alpha value is -1.51. The van der Waals surface area contributed by atoms with E-state index in [1.165, 1.54) is 12.5 Å². The van der Waals surface area contributed by atoms with Crippen LogP contribution in [0.4, 0.5) is 0 Å². The summed E-state index contributed by atoms with van der Waals surface area (Å²) in [5, 5.41) is 8.83. The molecule has 1 N–H and O–H groups in total. The average molecular weight is 278 g/mol. The van der Waals surface area contributed by atoms with E-state index in [2.05, 4.69) is 34.6 Å². The minimum absolute atomic E-state index is 0.0786. The van der Waals surface area contributed by atoms with Gasteiger partial charge in [0.2, 0.25) is 0 Å². The lowest BCUT2D eigenvalue weighted by Crippen LogP contribution is -2.25. The molecule has 0 aliphatic rings. The van der Waals surface area contributed by atoms with E-state index in [9.17, 15) is 4.79 Å². The molecule has 20 heavy (non-hydrogen) atoms. The molecule has 0 aliphatic carbocycles. The van der Waals surface area contributed by atoms with Crippen LogP contribution >= 0.6 is 0 Å². The molecule has 1 atom stereocenters. The third-order valence-electron chi connectivity index (χ3n) is 3.27. The van der Waals surface area contributed by atoms with Crippen LogP contribution in [0.5, 0.6) is 5.75 Å². The molecule has 0 fully saturated rings. The predicted octanol–water partition coefficient (Wildman–Crippen LogP) is 4.25. The van der Waals surface area contributed by atoms with E-state index in [0.717, 1.165) is 6.42 Å². The van der Waals surface area contributed by atoms with E-state index < -0.39 is 12.1 Å². The highest BCUT2D eigenvalue weighted by molar-refractivity contribution is 5.72. The van der Waals surface area contributed by atoms with E-state index in [-0.39, 0.29) is 10.8 Å².